The lowest BCUT2D eigenvalue weighted by atomic mass is 10.1. The summed E-state index contributed by atoms with van der Waals surface area (Å²) in [6, 6.07) is 10.3. The van der Waals surface area contributed by atoms with Crippen LogP contribution in [0, 0.1) is 0 Å². The van der Waals surface area contributed by atoms with Crippen molar-refractivity contribution < 1.29 is 42.8 Å². The number of aromatic nitrogens is 4. The molecule has 4 rings (SSSR count). The molecule has 0 atom stereocenters. The van der Waals surface area contributed by atoms with Crippen LogP contribution in [0.2, 0.25) is 0 Å². The number of unbranched alkanes of at least 4 members (excludes halogenated alkanes) is 2. The van der Waals surface area contributed by atoms with Gasteiger partial charge < -0.3 is 37.6 Å². The molecule has 13 nitrogen and oxygen atoms in total. The van der Waals surface area contributed by atoms with Gasteiger partial charge in [0.2, 0.25) is 5.78 Å². The molecule has 0 spiro atoms. The minimum Gasteiger partial charge on any atom is -0.497 e. The molecular formula is C44H60N4O9S. The van der Waals surface area contributed by atoms with Crippen LogP contribution in [0.15, 0.2) is 48.8 Å². The van der Waals surface area contributed by atoms with Gasteiger partial charge in [-0.15, -0.1) is 0 Å². The molecule has 2 heterocycles. The summed E-state index contributed by atoms with van der Waals surface area (Å²) in [6.07, 6.45) is 9.32. The zero-order valence-electron chi connectivity index (χ0n) is 36.1. The number of hydrogen-bond donors (Lipinski definition) is 0. The molecule has 0 aliphatic carbocycles. The van der Waals surface area contributed by atoms with Crippen LogP contribution in [0.25, 0.3) is 0 Å². The van der Waals surface area contributed by atoms with Crippen LogP contribution >= 0.6 is 12.2 Å². The summed E-state index contributed by atoms with van der Waals surface area (Å²) in [4.78, 5) is 46.7. The van der Waals surface area contributed by atoms with E-state index in [0.29, 0.717) is 38.9 Å². The Morgan fingerprint density at radius 1 is 0.655 bits per heavy atom. The molecule has 14 heteroatoms. The molecule has 316 valence electrons. The third-order valence-corrected chi connectivity index (χ3v) is 8.97. The largest absolute Gasteiger partial charge is 0.497 e. The Bertz CT molecular complexity index is 1880. The maximum Gasteiger partial charge on any atom is 0.344 e. The maximum absolute atomic E-state index is 13.2. The zero-order chi connectivity index (χ0) is 43.2. The summed E-state index contributed by atoms with van der Waals surface area (Å²) in [6.45, 7) is 14.5. The van der Waals surface area contributed by atoms with Gasteiger partial charge in [0.15, 0.2) is 13.2 Å². The SMILES string of the molecule is CCCCc1ncc(C(=O)c2ccc(OC)cc2OCC(=O)OC(C)(C)C)n1C.CCCCc1ncc(C(=S)c2ccc(OC)cc2OCC(=O)OC(C)(C)C)n1C. The van der Waals surface area contributed by atoms with Gasteiger partial charge in [-0.25, -0.2) is 19.6 Å². The van der Waals surface area contributed by atoms with E-state index in [1.165, 1.54) is 7.11 Å². The number of hydrogen-bond acceptors (Lipinski definition) is 12. The number of esters is 2. The van der Waals surface area contributed by atoms with Crippen LogP contribution in [-0.2, 0) is 46.0 Å². The number of nitrogens with zero attached hydrogens (tertiary/aromatic N) is 4. The van der Waals surface area contributed by atoms with Crippen molar-refractivity contribution in [1.29, 1.82) is 0 Å². The molecule has 0 amide bonds. The predicted molar refractivity (Wildman–Crippen MR) is 227 cm³/mol. The number of imidazole rings is 2. The van der Waals surface area contributed by atoms with E-state index in [4.69, 9.17) is 40.6 Å². The van der Waals surface area contributed by atoms with Crippen LogP contribution in [0.1, 0.15) is 120 Å². The first-order valence-electron chi connectivity index (χ1n) is 19.5. The van der Waals surface area contributed by atoms with Gasteiger partial charge in [-0.2, -0.15) is 0 Å². The topological polar surface area (TPSA) is 142 Å². The molecule has 58 heavy (non-hydrogen) atoms. The van der Waals surface area contributed by atoms with E-state index in [-0.39, 0.29) is 24.7 Å². The summed E-state index contributed by atoms with van der Waals surface area (Å²) in [5, 5.41) is 0. The fourth-order valence-corrected chi connectivity index (χ4v) is 5.97. The third-order valence-electron chi connectivity index (χ3n) is 8.54. The summed E-state index contributed by atoms with van der Waals surface area (Å²) >= 11 is 5.74. The van der Waals surface area contributed by atoms with E-state index in [2.05, 4.69) is 23.8 Å². The Balaban J connectivity index is 0.000000310. The van der Waals surface area contributed by atoms with E-state index >= 15 is 0 Å². The number of benzene rings is 2. The summed E-state index contributed by atoms with van der Waals surface area (Å²) in [5.74, 6) is 2.53. The Morgan fingerprint density at radius 3 is 1.50 bits per heavy atom. The average molecular weight is 821 g/mol. The van der Waals surface area contributed by atoms with Crippen molar-refractivity contribution in [2.24, 2.45) is 14.1 Å². The number of ether oxygens (including phenoxy) is 6. The Morgan fingerprint density at radius 2 is 1.07 bits per heavy atom. The lowest BCUT2D eigenvalue weighted by Crippen LogP contribution is -2.27. The number of carbonyl (C=O) groups excluding carboxylic acids is 3. The van der Waals surface area contributed by atoms with E-state index in [1.54, 1.807) is 69.1 Å². The highest BCUT2D eigenvalue weighted by molar-refractivity contribution is 7.81. The molecule has 0 fully saturated rings. The Hall–Kier alpha value is -5.24. The van der Waals surface area contributed by atoms with Gasteiger partial charge in [-0.1, -0.05) is 38.9 Å². The molecule has 0 saturated heterocycles. The second-order valence-electron chi connectivity index (χ2n) is 15.6. The molecule has 2 aromatic carbocycles. The predicted octanol–water partition coefficient (Wildman–Crippen LogP) is 7.98. The number of aryl methyl sites for hydroxylation is 2. The number of methoxy groups -OCH3 is 2. The van der Waals surface area contributed by atoms with Gasteiger partial charge in [0.05, 0.1) is 42.7 Å². The number of rotatable bonds is 18. The van der Waals surface area contributed by atoms with E-state index in [0.717, 1.165) is 55.9 Å². The van der Waals surface area contributed by atoms with Crippen LogP contribution in [-0.4, -0.2) is 80.3 Å². The van der Waals surface area contributed by atoms with Gasteiger partial charge >= 0.3 is 11.9 Å². The lowest BCUT2D eigenvalue weighted by molar-refractivity contribution is -0.158. The molecule has 0 aliphatic heterocycles. The van der Waals surface area contributed by atoms with Crippen molar-refractivity contribution in [2.45, 2.75) is 105 Å². The summed E-state index contributed by atoms with van der Waals surface area (Å²) in [7, 11) is 6.89. The second kappa shape index (κ2) is 21.5. The molecule has 0 unspecified atom stereocenters. The van der Waals surface area contributed by atoms with Crippen LogP contribution in [0.4, 0.5) is 0 Å². The van der Waals surface area contributed by atoms with Gasteiger partial charge in [-0.05, 0) is 78.6 Å². The Labute approximate surface area is 348 Å². The van der Waals surface area contributed by atoms with Crippen LogP contribution in [0.5, 0.6) is 23.0 Å². The second-order valence-corrected chi connectivity index (χ2v) is 16.0. The van der Waals surface area contributed by atoms with Gasteiger partial charge in [-0.3, -0.25) is 4.79 Å². The lowest BCUT2D eigenvalue weighted by Gasteiger charge is -2.20. The van der Waals surface area contributed by atoms with Crippen LogP contribution in [0.3, 0.4) is 0 Å². The number of ketones is 1. The molecule has 2 aromatic heterocycles. The molecule has 0 aliphatic rings. The van der Waals surface area contributed by atoms with Gasteiger partial charge in [0.1, 0.15) is 51.5 Å². The summed E-state index contributed by atoms with van der Waals surface area (Å²) in [5.41, 5.74) is 1.14. The van der Waals surface area contributed by atoms with Gasteiger partial charge in [0.25, 0.3) is 0 Å². The first-order valence-corrected chi connectivity index (χ1v) is 19.9. The van der Waals surface area contributed by atoms with Crippen molar-refractivity contribution >= 4 is 34.8 Å². The zero-order valence-corrected chi connectivity index (χ0v) is 37.0. The van der Waals surface area contributed by atoms with E-state index in [9.17, 15) is 14.4 Å². The highest BCUT2D eigenvalue weighted by Gasteiger charge is 2.23. The van der Waals surface area contributed by atoms with Crippen molar-refractivity contribution in [2.75, 3.05) is 27.4 Å². The highest BCUT2D eigenvalue weighted by atomic mass is 32.1. The quantitative estimate of drug-likeness (QED) is 0.0546. The average Bonchev–Trinajstić information content (AvgIpc) is 3.73. The van der Waals surface area contributed by atoms with E-state index < -0.39 is 23.1 Å². The van der Waals surface area contributed by atoms with Gasteiger partial charge in [0, 0.05) is 44.6 Å². The molecule has 0 bridgehead atoms. The van der Waals surface area contributed by atoms with Crippen LogP contribution < -0.4 is 18.9 Å². The molecule has 0 radical (unpaired) electrons. The van der Waals surface area contributed by atoms with Crippen molar-refractivity contribution in [3.05, 3.63) is 83.0 Å². The standard InChI is InChI=1S/C22H30N2O5.C22H30N2O4S/c1-7-8-9-19-23-13-17(24(19)5)21(26)16-11-10-15(27-6)12-18(16)28-14-20(25)29-22(2,3)4;1-7-8-9-19-23-13-17(24(19)5)21(29)16-11-10-15(26-6)12-18(16)27-14-20(25)28-22(2,3)4/h2*10-13H,7-9,14H2,1-6H3. The summed E-state index contributed by atoms with van der Waals surface area (Å²) < 4.78 is 36.3. The molecule has 4 aromatic rings. The van der Waals surface area contributed by atoms with E-state index in [1.807, 2.05) is 51.6 Å². The Kier molecular flexibility index (Phi) is 17.5. The first kappa shape index (κ1) is 47.1. The highest BCUT2D eigenvalue weighted by Crippen LogP contribution is 2.29. The maximum atomic E-state index is 13.2. The normalized spacial score (nSPS) is 11.2. The minimum absolute atomic E-state index is 0.215. The number of carbonyl (C=O) groups is 3. The fraction of sp³-hybridized carbons (Fsp3) is 0.500. The molecule has 0 N–H and O–H groups in total. The first-order chi connectivity index (χ1) is 27.3. The minimum atomic E-state index is -0.614. The number of thiocarbonyl (C=S) groups is 1. The molecular weight excluding hydrogens is 761 g/mol. The van der Waals surface area contributed by atoms with Crippen molar-refractivity contribution in [3.63, 3.8) is 0 Å². The van der Waals surface area contributed by atoms with Crippen molar-refractivity contribution in [1.82, 2.24) is 19.1 Å². The van der Waals surface area contributed by atoms with Crippen molar-refractivity contribution in [3.8, 4) is 23.0 Å². The smallest absolute Gasteiger partial charge is 0.344 e. The fourth-order valence-electron chi connectivity index (χ4n) is 5.62. The third kappa shape index (κ3) is 14.0. The molecule has 0 saturated carbocycles. The monoisotopic (exact) mass is 820 g/mol.